The Balaban J connectivity index is 2.16. The fourth-order valence-corrected chi connectivity index (χ4v) is 3.71. The first-order valence-electron chi connectivity index (χ1n) is 5.44. The number of ketones is 1. The van der Waals surface area contributed by atoms with Crippen molar-refractivity contribution < 1.29 is 9.59 Å². The summed E-state index contributed by atoms with van der Waals surface area (Å²) in [5, 5.41) is 0. The lowest BCUT2D eigenvalue weighted by molar-refractivity contribution is -0.121. The summed E-state index contributed by atoms with van der Waals surface area (Å²) < 4.78 is -0.600. The van der Waals surface area contributed by atoms with E-state index in [2.05, 4.69) is 0 Å². The van der Waals surface area contributed by atoms with E-state index in [9.17, 15) is 9.59 Å². The van der Waals surface area contributed by atoms with Gasteiger partial charge in [-0.3, -0.25) is 9.59 Å². The zero-order valence-electron chi connectivity index (χ0n) is 8.93. The smallest absolute Gasteiger partial charge is 0.227 e. The van der Waals surface area contributed by atoms with Gasteiger partial charge < -0.3 is 4.90 Å². The fourth-order valence-electron chi connectivity index (χ4n) is 2.33. The molecular formula is C12H10ClNO2S. The molecule has 2 aliphatic rings. The average Bonchev–Trinajstić information content (AvgIpc) is 2.66. The number of thioether (sulfide) groups is 1. The highest BCUT2D eigenvalue weighted by Gasteiger charge is 2.42. The third kappa shape index (κ3) is 1.67. The molecule has 1 aromatic carbocycles. The normalized spacial score (nSPS) is 27.7. The number of carbonyl (C=O) groups is 2. The molecule has 0 spiro atoms. The predicted octanol–water partition coefficient (Wildman–Crippen LogP) is 2.42. The predicted molar refractivity (Wildman–Crippen MR) is 67.5 cm³/mol. The Bertz CT molecular complexity index is 505. The van der Waals surface area contributed by atoms with Gasteiger partial charge in [0.2, 0.25) is 5.91 Å². The summed E-state index contributed by atoms with van der Waals surface area (Å²) >= 11 is 7.41. The molecule has 2 aliphatic heterocycles. The second-order valence-corrected chi connectivity index (χ2v) is 5.96. The molecule has 5 heteroatoms. The van der Waals surface area contributed by atoms with E-state index in [4.69, 9.17) is 11.6 Å². The van der Waals surface area contributed by atoms with Crippen LogP contribution >= 0.6 is 23.4 Å². The summed E-state index contributed by atoms with van der Waals surface area (Å²) in [4.78, 5) is 26.5. The molecule has 0 radical (unpaired) electrons. The molecule has 17 heavy (non-hydrogen) atoms. The monoisotopic (exact) mass is 267 g/mol. The molecule has 0 saturated carbocycles. The molecule has 0 bridgehead atoms. The van der Waals surface area contributed by atoms with Gasteiger partial charge in [0, 0.05) is 11.3 Å². The molecule has 2 atom stereocenters. The first-order valence-corrected chi connectivity index (χ1v) is 6.75. The Labute approximate surface area is 108 Å². The van der Waals surface area contributed by atoms with E-state index in [1.165, 1.54) is 11.8 Å². The summed E-state index contributed by atoms with van der Waals surface area (Å²) in [6.45, 7) is 0. The molecule has 1 aromatic rings. The van der Waals surface area contributed by atoms with E-state index >= 15 is 0 Å². The van der Waals surface area contributed by atoms with Crippen LogP contribution in [0.5, 0.6) is 0 Å². The molecule has 0 aromatic heterocycles. The average molecular weight is 268 g/mol. The van der Waals surface area contributed by atoms with Crippen LogP contribution in [0.2, 0.25) is 0 Å². The maximum atomic E-state index is 12.1. The molecule has 1 amide bonds. The second kappa shape index (κ2) is 4.03. The molecule has 88 valence electrons. The van der Waals surface area contributed by atoms with E-state index in [0.29, 0.717) is 12.8 Å². The van der Waals surface area contributed by atoms with E-state index < -0.39 is 4.71 Å². The second-order valence-electron chi connectivity index (χ2n) is 4.12. The van der Waals surface area contributed by atoms with Crippen LogP contribution in [0.3, 0.4) is 0 Å². The zero-order chi connectivity index (χ0) is 12.0. The molecule has 2 heterocycles. The minimum Gasteiger partial charge on any atom is -0.301 e. The molecule has 0 aliphatic carbocycles. The van der Waals surface area contributed by atoms with Crippen LogP contribution in [0.4, 0.5) is 5.69 Å². The Hall–Kier alpha value is -1.00. The standard InChI is InChI=1S/C12H10ClNO2S/c13-12-11(16)8-5-6-10(15)14(8)7-3-1-2-4-9(7)17-12/h1-4,8,12H,5-6H2. The number of halogens is 1. The number of anilines is 1. The van der Waals surface area contributed by atoms with Gasteiger partial charge in [0.05, 0.1) is 11.7 Å². The molecular weight excluding hydrogens is 258 g/mol. The molecule has 1 fully saturated rings. The van der Waals surface area contributed by atoms with Crippen molar-refractivity contribution in [3.63, 3.8) is 0 Å². The van der Waals surface area contributed by atoms with Crippen LogP contribution in [0.15, 0.2) is 29.2 Å². The Morgan fingerprint density at radius 3 is 2.88 bits per heavy atom. The van der Waals surface area contributed by atoms with Crippen molar-refractivity contribution in [2.24, 2.45) is 0 Å². The largest absolute Gasteiger partial charge is 0.301 e. The van der Waals surface area contributed by atoms with Gasteiger partial charge in [-0.25, -0.2) is 0 Å². The number of hydrogen-bond acceptors (Lipinski definition) is 3. The summed E-state index contributed by atoms with van der Waals surface area (Å²) in [5.41, 5.74) is 0.821. The van der Waals surface area contributed by atoms with Crippen molar-refractivity contribution in [3.05, 3.63) is 24.3 Å². The minimum atomic E-state index is -0.600. The summed E-state index contributed by atoms with van der Waals surface area (Å²) in [6, 6.07) is 7.17. The Morgan fingerprint density at radius 2 is 2.06 bits per heavy atom. The van der Waals surface area contributed by atoms with E-state index in [1.807, 2.05) is 24.3 Å². The molecule has 3 nitrogen and oxygen atoms in total. The highest BCUT2D eigenvalue weighted by molar-refractivity contribution is 8.02. The first kappa shape index (κ1) is 11.1. The number of alkyl halides is 1. The molecule has 3 rings (SSSR count). The number of nitrogens with zero attached hydrogens (tertiary/aromatic N) is 1. The van der Waals surface area contributed by atoms with Crippen molar-refractivity contribution in [2.75, 3.05) is 4.90 Å². The van der Waals surface area contributed by atoms with Crippen molar-refractivity contribution in [1.82, 2.24) is 0 Å². The SMILES string of the molecule is O=C1C(Cl)Sc2ccccc2N2C(=O)CCC12. The summed E-state index contributed by atoms with van der Waals surface area (Å²) in [6.07, 6.45) is 1.01. The summed E-state index contributed by atoms with van der Waals surface area (Å²) in [7, 11) is 0. The van der Waals surface area contributed by atoms with Crippen LogP contribution in [0.1, 0.15) is 12.8 Å². The number of amides is 1. The maximum Gasteiger partial charge on any atom is 0.227 e. The van der Waals surface area contributed by atoms with Crippen molar-refractivity contribution >= 4 is 40.7 Å². The van der Waals surface area contributed by atoms with E-state index in [0.717, 1.165) is 10.6 Å². The van der Waals surface area contributed by atoms with Crippen molar-refractivity contribution in [1.29, 1.82) is 0 Å². The van der Waals surface area contributed by atoms with Gasteiger partial charge in [-0.05, 0) is 18.6 Å². The topological polar surface area (TPSA) is 37.4 Å². The van der Waals surface area contributed by atoms with Gasteiger partial charge in [-0.2, -0.15) is 0 Å². The van der Waals surface area contributed by atoms with Gasteiger partial charge in [-0.1, -0.05) is 23.9 Å². The van der Waals surface area contributed by atoms with E-state index in [1.54, 1.807) is 4.90 Å². The molecule has 1 saturated heterocycles. The first-order chi connectivity index (χ1) is 8.18. The lowest BCUT2D eigenvalue weighted by Crippen LogP contribution is -2.40. The highest BCUT2D eigenvalue weighted by atomic mass is 35.5. The summed E-state index contributed by atoms with van der Waals surface area (Å²) in [5.74, 6) is -0.0408. The third-order valence-corrected chi connectivity index (χ3v) is 4.64. The van der Waals surface area contributed by atoms with Crippen LogP contribution < -0.4 is 4.90 Å². The number of hydrogen-bond donors (Lipinski definition) is 0. The Morgan fingerprint density at radius 1 is 1.29 bits per heavy atom. The van der Waals surface area contributed by atoms with Gasteiger partial charge in [0.25, 0.3) is 0 Å². The third-order valence-electron chi connectivity index (χ3n) is 3.12. The van der Waals surface area contributed by atoms with Gasteiger partial charge in [0.1, 0.15) is 4.71 Å². The van der Waals surface area contributed by atoms with E-state index in [-0.39, 0.29) is 17.7 Å². The maximum absolute atomic E-state index is 12.1. The van der Waals surface area contributed by atoms with Gasteiger partial charge in [0.15, 0.2) is 5.78 Å². The number of rotatable bonds is 0. The Kier molecular flexibility index (Phi) is 2.64. The highest BCUT2D eigenvalue weighted by Crippen LogP contribution is 2.42. The minimum absolute atomic E-state index is 0.0159. The number of Topliss-reactive ketones (excluding diaryl/α,β-unsaturated/α-hetero) is 1. The molecule has 2 unspecified atom stereocenters. The van der Waals surface area contributed by atoms with Crippen LogP contribution in [-0.4, -0.2) is 22.4 Å². The number of benzene rings is 1. The number of para-hydroxylation sites is 1. The lowest BCUT2D eigenvalue weighted by atomic mass is 10.1. The van der Waals surface area contributed by atoms with Crippen LogP contribution in [0.25, 0.3) is 0 Å². The zero-order valence-corrected chi connectivity index (χ0v) is 10.5. The van der Waals surface area contributed by atoms with Crippen molar-refractivity contribution in [2.45, 2.75) is 28.5 Å². The van der Waals surface area contributed by atoms with Crippen LogP contribution in [-0.2, 0) is 9.59 Å². The van der Waals surface area contributed by atoms with Crippen LogP contribution in [0, 0.1) is 0 Å². The number of carbonyl (C=O) groups excluding carboxylic acids is 2. The van der Waals surface area contributed by atoms with Gasteiger partial charge >= 0.3 is 0 Å². The fraction of sp³-hybridized carbons (Fsp3) is 0.333. The quantitative estimate of drug-likeness (QED) is 0.678. The van der Waals surface area contributed by atoms with Crippen molar-refractivity contribution in [3.8, 4) is 0 Å². The van der Waals surface area contributed by atoms with Gasteiger partial charge in [-0.15, -0.1) is 11.6 Å². The number of fused-ring (bicyclic) bond motifs is 3. The lowest BCUT2D eigenvalue weighted by Gasteiger charge is -2.22. The molecule has 0 N–H and O–H groups in total.